The summed E-state index contributed by atoms with van der Waals surface area (Å²) in [6.45, 7) is 4.08. The van der Waals surface area contributed by atoms with Crippen LogP contribution in [0.1, 0.15) is 58.8 Å². The Morgan fingerprint density at radius 3 is 2.70 bits per heavy atom. The van der Waals surface area contributed by atoms with Gasteiger partial charge in [-0.2, -0.15) is 0 Å². The van der Waals surface area contributed by atoms with Gasteiger partial charge in [0.1, 0.15) is 0 Å². The van der Waals surface area contributed by atoms with Gasteiger partial charge in [0, 0.05) is 11.8 Å². The molecule has 2 atom stereocenters. The number of carboxylic acids is 1. The van der Waals surface area contributed by atoms with E-state index in [-0.39, 0.29) is 11.2 Å². The van der Waals surface area contributed by atoms with Crippen LogP contribution in [0, 0.1) is 10.8 Å². The molecular formula is C17H22O3. The summed E-state index contributed by atoms with van der Waals surface area (Å²) >= 11 is 0. The number of carbonyl (C=O) groups is 2. The Kier molecular flexibility index (Phi) is 2.93. The van der Waals surface area contributed by atoms with Gasteiger partial charge in [-0.15, -0.1) is 0 Å². The van der Waals surface area contributed by atoms with E-state index in [9.17, 15) is 14.7 Å². The number of hydrogen-bond donors (Lipinski definition) is 1. The number of ketones is 1. The molecule has 20 heavy (non-hydrogen) atoms. The van der Waals surface area contributed by atoms with Crippen molar-refractivity contribution in [1.82, 2.24) is 0 Å². The standard InChI is InChI=1S/C17H22O3/c1-11-12-6-10-17(15(19)20)8-4-3-5-14(17)16(12,2)9-7-13(11)18/h5H,3-4,6-10H2,1-2H3,(H,19,20). The van der Waals surface area contributed by atoms with Crippen molar-refractivity contribution < 1.29 is 14.7 Å². The van der Waals surface area contributed by atoms with Crippen molar-refractivity contribution in [2.75, 3.05) is 0 Å². The third-order valence-corrected chi connectivity index (χ3v) is 5.87. The van der Waals surface area contributed by atoms with Crippen molar-refractivity contribution >= 4 is 11.8 Å². The monoisotopic (exact) mass is 274 g/mol. The second-order valence-corrected chi connectivity index (χ2v) is 6.76. The van der Waals surface area contributed by atoms with E-state index in [4.69, 9.17) is 0 Å². The van der Waals surface area contributed by atoms with Crippen molar-refractivity contribution in [3.63, 3.8) is 0 Å². The lowest BCUT2D eigenvalue weighted by Crippen LogP contribution is -2.47. The molecule has 0 aromatic rings. The van der Waals surface area contributed by atoms with Gasteiger partial charge in [0.2, 0.25) is 0 Å². The average molecular weight is 274 g/mol. The summed E-state index contributed by atoms with van der Waals surface area (Å²) in [6.07, 6.45) is 7.60. The number of aliphatic carboxylic acids is 1. The Labute approximate surface area is 119 Å². The van der Waals surface area contributed by atoms with Crippen molar-refractivity contribution in [2.45, 2.75) is 58.8 Å². The summed E-state index contributed by atoms with van der Waals surface area (Å²) in [7, 11) is 0. The van der Waals surface area contributed by atoms with E-state index in [2.05, 4.69) is 13.0 Å². The molecule has 3 rings (SSSR count). The molecule has 0 spiro atoms. The van der Waals surface area contributed by atoms with Crippen molar-refractivity contribution in [2.24, 2.45) is 10.8 Å². The van der Waals surface area contributed by atoms with Crippen LogP contribution in [-0.2, 0) is 9.59 Å². The molecule has 1 fully saturated rings. The molecular weight excluding hydrogens is 252 g/mol. The molecule has 0 bridgehead atoms. The largest absolute Gasteiger partial charge is 0.481 e. The molecule has 3 aliphatic carbocycles. The summed E-state index contributed by atoms with van der Waals surface area (Å²) in [5.74, 6) is -0.421. The molecule has 0 aromatic heterocycles. The molecule has 3 aliphatic rings. The Bertz CT molecular complexity index is 555. The first-order valence-corrected chi connectivity index (χ1v) is 7.60. The lowest BCUT2D eigenvalue weighted by atomic mass is 9.50. The van der Waals surface area contributed by atoms with Crippen LogP contribution in [-0.4, -0.2) is 16.9 Å². The molecule has 108 valence electrons. The van der Waals surface area contributed by atoms with Gasteiger partial charge in [0.25, 0.3) is 0 Å². The fourth-order valence-corrected chi connectivity index (χ4v) is 4.71. The van der Waals surface area contributed by atoms with Crippen LogP contribution in [0.15, 0.2) is 22.8 Å². The minimum absolute atomic E-state index is 0.199. The molecule has 1 N–H and O–H groups in total. The maximum Gasteiger partial charge on any atom is 0.313 e. The van der Waals surface area contributed by atoms with Crippen molar-refractivity contribution in [3.8, 4) is 0 Å². The lowest BCUT2D eigenvalue weighted by molar-refractivity contribution is -0.149. The Morgan fingerprint density at radius 2 is 2.00 bits per heavy atom. The first-order chi connectivity index (χ1) is 9.42. The van der Waals surface area contributed by atoms with Gasteiger partial charge in [-0.25, -0.2) is 0 Å². The molecule has 2 unspecified atom stereocenters. The highest BCUT2D eigenvalue weighted by Gasteiger charge is 2.55. The van der Waals surface area contributed by atoms with Gasteiger partial charge >= 0.3 is 5.97 Å². The second-order valence-electron chi connectivity index (χ2n) is 6.76. The molecule has 0 radical (unpaired) electrons. The zero-order valence-electron chi connectivity index (χ0n) is 12.3. The van der Waals surface area contributed by atoms with Crippen molar-refractivity contribution in [3.05, 3.63) is 22.8 Å². The fourth-order valence-electron chi connectivity index (χ4n) is 4.71. The number of hydrogen-bond acceptors (Lipinski definition) is 2. The van der Waals surface area contributed by atoms with Gasteiger partial charge in [0.05, 0.1) is 5.41 Å². The SMILES string of the molecule is CC1=C2CCC3(C(=O)O)CCCC=C3C2(C)CCC1=O. The van der Waals surface area contributed by atoms with E-state index in [0.717, 1.165) is 43.3 Å². The van der Waals surface area contributed by atoms with Gasteiger partial charge in [-0.05, 0) is 56.6 Å². The maximum absolute atomic E-state index is 12.0. The molecule has 0 saturated heterocycles. The number of allylic oxidation sites excluding steroid dienone is 3. The zero-order valence-corrected chi connectivity index (χ0v) is 12.3. The number of rotatable bonds is 1. The molecule has 3 nitrogen and oxygen atoms in total. The highest BCUT2D eigenvalue weighted by atomic mass is 16.4. The van der Waals surface area contributed by atoms with E-state index in [0.29, 0.717) is 12.8 Å². The van der Waals surface area contributed by atoms with E-state index >= 15 is 0 Å². The number of fused-ring (bicyclic) bond motifs is 3. The predicted octanol–water partition coefficient (Wildman–Crippen LogP) is 3.65. The Hall–Kier alpha value is -1.38. The molecule has 3 heteroatoms. The van der Waals surface area contributed by atoms with E-state index in [1.807, 2.05) is 6.92 Å². The van der Waals surface area contributed by atoms with E-state index in [1.54, 1.807) is 0 Å². The molecule has 0 aliphatic heterocycles. The van der Waals surface area contributed by atoms with Crippen LogP contribution in [0.5, 0.6) is 0 Å². The normalized spacial score (nSPS) is 37.1. The number of carbonyl (C=O) groups excluding carboxylic acids is 1. The predicted molar refractivity (Wildman–Crippen MR) is 76.3 cm³/mol. The maximum atomic E-state index is 12.0. The first kappa shape index (κ1) is 13.6. The smallest absolute Gasteiger partial charge is 0.313 e. The first-order valence-electron chi connectivity index (χ1n) is 7.60. The summed E-state index contributed by atoms with van der Waals surface area (Å²) < 4.78 is 0. The molecule has 0 aromatic carbocycles. The zero-order chi connectivity index (χ0) is 14.5. The summed E-state index contributed by atoms with van der Waals surface area (Å²) in [5, 5.41) is 9.82. The highest BCUT2D eigenvalue weighted by Crippen LogP contribution is 2.61. The van der Waals surface area contributed by atoms with Gasteiger partial charge in [-0.1, -0.05) is 18.6 Å². The fraction of sp³-hybridized carbons (Fsp3) is 0.647. The highest BCUT2D eigenvalue weighted by molar-refractivity contribution is 5.97. The quantitative estimate of drug-likeness (QED) is 0.743. The Morgan fingerprint density at radius 1 is 1.25 bits per heavy atom. The minimum Gasteiger partial charge on any atom is -0.481 e. The molecule has 0 heterocycles. The Balaban J connectivity index is 2.18. The molecule has 1 saturated carbocycles. The second kappa shape index (κ2) is 4.31. The van der Waals surface area contributed by atoms with Crippen molar-refractivity contribution in [1.29, 1.82) is 0 Å². The van der Waals surface area contributed by atoms with E-state index < -0.39 is 11.4 Å². The molecule has 0 amide bonds. The van der Waals surface area contributed by atoms with Crippen LogP contribution in [0.3, 0.4) is 0 Å². The van der Waals surface area contributed by atoms with Crippen LogP contribution >= 0.6 is 0 Å². The third-order valence-electron chi connectivity index (χ3n) is 5.87. The topological polar surface area (TPSA) is 54.4 Å². The lowest BCUT2D eigenvalue weighted by Gasteiger charge is -2.52. The van der Waals surface area contributed by atoms with Crippen LogP contribution in [0.25, 0.3) is 0 Å². The van der Waals surface area contributed by atoms with Crippen LogP contribution in [0.4, 0.5) is 0 Å². The van der Waals surface area contributed by atoms with E-state index in [1.165, 1.54) is 5.57 Å². The van der Waals surface area contributed by atoms with Crippen LogP contribution < -0.4 is 0 Å². The van der Waals surface area contributed by atoms with Crippen LogP contribution in [0.2, 0.25) is 0 Å². The average Bonchev–Trinajstić information content (AvgIpc) is 2.43. The summed E-state index contributed by atoms with van der Waals surface area (Å²) in [5.41, 5.74) is 2.33. The van der Waals surface area contributed by atoms with Gasteiger partial charge in [0.15, 0.2) is 5.78 Å². The summed E-state index contributed by atoms with van der Waals surface area (Å²) in [4.78, 5) is 23.9. The number of carboxylic acid groups (broad SMARTS) is 1. The van der Waals surface area contributed by atoms with Gasteiger partial charge in [-0.3, -0.25) is 9.59 Å². The third kappa shape index (κ3) is 1.58. The van der Waals surface area contributed by atoms with Gasteiger partial charge < -0.3 is 5.11 Å². The minimum atomic E-state index is -0.669. The number of Topliss-reactive ketones (excluding diaryl/α,β-unsaturated/α-hetero) is 1. The summed E-state index contributed by atoms with van der Waals surface area (Å²) in [6, 6.07) is 0.